The first-order valence-corrected chi connectivity index (χ1v) is 12.3. The summed E-state index contributed by atoms with van der Waals surface area (Å²) in [6, 6.07) is 7.36. The molecule has 0 amide bonds. The molecule has 2 aliphatic heterocycles. The summed E-state index contributed by atoms with van der Waals surface area (Å²) in [5, 5.41) is 11.5. The van der Waals surface area contributed by atoms with Gasteiger partial charge in [0.05, 0.1) is 0 Å². The Hall–Kier alpha value is -1.99. The van der Waals surface area contributed by atoms with E-state index in [1.54, 1.807) is 10.6 Å². The number of nitrogens with zero attached hydrogens (tertiary/aromatic N) is 4. The molecule has 6 N–H and O–H groups in total. The second-order valence-corrected chi connectivity index (χ2v) is 10.5. The van der Waals surface area contributed by atoms with E-state index in [0.29, 0.717) is 22.0 Å². The van der Waals surface area contributed by atoms with Crippen molar-refractivity contribution in [2.45, 2.75) is 34.6 Å². The van der Waals surface area contributed by atoms with Crippen LogP contribution in [0.1, 0.15) is 6.23 Å². The van der Waals surface area contributed by atoms with Crippen LogP contribution in [0.5, 0.6) is 0 Å². The Balaban J connectivity index is 1.60. The first-order chi connectivity index (χ1) is 14.3. The monoisotopic (exact) mass is 450 g/mol. The van der Waals surface area contributed by atoms with E-state index in [4.69, 9.17) is 25.3 Å². The number of para-hydroxylation sites is 1. The van der Waals surface area contributed by atoms with E-state index in [1.165, 1.54) is 25.7 Å². The van der Waals surface area contributed by atoms with Crippen molar-refractivity contribution in [3.8, 4) is 0 Å². The second-order valence-electron chi connectivity index (χ2n) is 7.18. The van der Waals surface area contributed by atoms with E-state index in [-0.39, 0.29) is 12.4 Å². The van der Waals surface area contributed by atoms with Crippen LogP contribution in [0.3, 0.4) is 0 Å². The Bertz CT molecular complexity index is 1120. The Morgan fingerprint density at radius 1 is 1.27 bits per heavy atom. The van der Waals surface area contributed by atoms with Crippen molar-refractivity contribution >= 4 is 49.8 Å². The fourth-order valence-electron chi connectivity index (χ4n) is 3.62. The molecule has 0 radical (unpaired) electrons. The molecular formula is C16H20BN6O5PS. The van der Waals surface area contributed by atoms with Crippen molar-refractivity contribution in [1.82, 2.24) is 19.5 Å². The predicted octanol–water partition coefficient (Wildman–Crippen LogP) is -0.149. The SMILES string of the molecule is B[PH]1(O)OC[C@H]2O[C@@H](n3c(Sc4ccccc4N)nc4c(N)ncnc43)[C@@H](O)C2O1. The fourth-order valence-corrected chi connectivity index (χ4v) is 5.91. The summed E-state index contributed by atoms with van der Waals surface area (Å²) in [6.07, 6.45) is -1.92. The minimum atomic E-state index is -3.31. The Morgan fingerprint density at radius 3 is 2.87 bits per heavy atom. The zero-order valence-electron chi connectivity index (χ0n) is 15.9. The quantitative estimate of drug-likeness (QED) is 0.238. The molecule has 0 aliphatic carbocycles. The van der Waals surface area contributed by atoms with Crippen LogP contribution in [-0.2, 0) is 13.8 Å². The maximum absolute atomic E-state index is 11.0. The summed E-state index contributed by atoms with van der Waals surface area (Å²) in [6.45, 7) is 0.120. The number of aromatic nitrogens is 4. The van der Waals surface area contributed by atoms with Crippen molar-refractivity contribution in [2.75, 3.05) is 18.1 Å². The summed E-state index contributed by atoms with van der Waals surface area (Å²) in [5.74, 6) is 0.210. The average Bonchev–Trinajstić information content (AvgIpc) is 3.21. The Kier molecular flexibility index (Phi) is 4.86. The van der Waals surface area contributed by atoms with Crippen LogP contribution in [0.15, 0.2) is 40.6 Å². The minimum absolute atomic E-state index is 0.120. The van der Waals surface area contributed by atoms with Crippen LogP contribution in [-0.4, -0.2) is 62.0 Å². The number of benzene rings is 1. The van der Waals surface area contributed by atoms with Crippen molar-refractivity contribution in [2.24, 2.45) is 0 Å². The molecule has 1 unspecified atom stereocenters. The standard InChI is InChI=1S/C16H20BN6O5PS/c17-29(25)26-5-8-12(28-29)11(24)15(27-8)23-14-10(13(19)20-6-21-14)22-16(23)30-9-4-2-1-3-7(9)18/h1-4,6,8,11-12,15,24-25,29H,5,17-18H2,(H2,19,20,21)/t8-,11+,12?,15-/m1/s1. The van der Waals surface area contributed by atoms with Gasteiger partial charge in [-0.3, -0.25) is 0 Å². The number of rotatable bonds is 3. The predicted molar refractivity (Wildman–Crippen MR) is 115 cm³/mol. The number of anilines is 2. The molecule has 0 spiro atoms. The van der Waals surface area contributed by atoms with Crippen LogP contribution in [0.4, 0.5) is 11.5 Å². The van der Waals surface area contributed by atoms with Crippen LogP contribution in [0, 0.1) is 0 Å². The van der Waals surface area contributed by atoms with Gasteiger partial charge in [0, 0.05) is 0 Å². The van der Waals surface area contributed by atoms with Gasteiger partial charge in [-0.15, -0.1) is 0 Å². The van der Waals surface area contributed by atoms with Gasteiger partial charge in [0.1, 0.15) is 0 Å². The summed E-state index contributed by atoms with van der Waals surface area (Å²) < 4.78 is 18.7. The molecule has 0 saturated carbocycles. The third-order valence-corrected chi connectivity index (χ3v) is 7.50. The van der Waals surface area contributed by atoms with Gasteiger partial charge >= 0.3 is 176 Å². The Morgan fingerprint density at radius 2 is 2.07 bits per heavy atom. The number of nitrogen functional groups attached to an aromatic ring is 2. The average molecular weight is 450 g/mol. The molecule has 2 aliphatic rings. The van der Waals surface area contributed by atoms with Crippen molar-refractivity contribution in [3.05, 3.63) is 30.6 Å². The van der Waals surface area contributed by atoms with Crippen LogP contribution in [0.2, 0.25) is 0 Å². The van der Waals surface area contributed by atoms with Crippen molar-refractivity contribution in [3.63, 3.8) is 0 Å². The van der Waals surface area contributed by atoms with Gasteiger partial charge in [-0.2, -0.15) is 0 Å². The number of nitrogens with two attached hydrogens (primary N) is 2. The van der Waals surface area contributed by atoms with Gasteiger partial charge in [0.25, 0.3) is 0 Å². The topological polar surface area (TPSA) is 164 Å². The number of aliphatic hydroxyl groups is 1. The van der Waals surface area contributed by atoms with E-state index < -0.39 is 32.4 Å². The molecule has 30 heavy (non-hydrogen) atoms. The van der Waals surface area contributed by atoms with Gasteiger partial charge in [0.15, 0.2) is 0 Å². The van der Waals surface area contributed by atoms with Gasteiger partial charge in [-0.25, -0.2) is 0 Å². The third-order valence-electron chi connectivity index (χ3n) is 5.03. The molecule has 5 rings (SSSR count). The number of imidazole rings is 1. The molecule has 2 fully saturated rings. The Labute approximate surface area is 176 Å². The maximum atomic E-state index is 11.0. The molecule has 11 nitrogen and oxygen atoms in total. The molecule has 2 aromatic heterocycles. The van der Waals surface area contributed by atoms with E-state index >= 15 is 0 Å². The summed E-state index contributed by atoms with van der Waals surface area (Å²) in [5.41, 5.74) is 13.5. The van der Waals surface area contributed by atoms with Gasteiger partial charge < -0.3 is 0 Å². The summed E-state index contributed by atoms with van der Waals surface area (Å²) in [7, 11) is -1.81. The third kappa shape index (κ3) is 3.32. The van der Waals surface area contributed by atoms with Gasteiger partial charge in [-0.05, 0) is 0 Å². The normalized spacial score (nSPS) is 29.0. The number of fused-ring (bicyclic) bond motifs is 2. The zero-order chi connectivity index (χ0) is 21.0. The van der Waals surface area contributed by atoms with E-state index in [1.807, 2.05) is 18.2 Å². The van der Waals surface area contributed by atoms with E-state index in [2.05, 4.69) is 15.0 Å². The summed E-state index contributed by atoms with van der Waals surface area (Å²) >= 11 is 1.30. The van der Waals surface area contributed by atoms with Crippen molar-refractivity contribution < 1.29 is 23.8 Å². The fraction of sp³-hybridized carbons (Fsp3) is 0.312. The second kappa shape index (κ2) is 7.31. The molecule has 2 saturated heterocycles. The number of ether oxygens (including phenoxy) is 1. The van der Waals surface area contributed by atoms with Gasteiger partial charge in [0.2, 0.25) is 0 Å². The zero-order valence-corrected chi connectivity index (χ0v) is 17.7. The molecule has 0 bridgehead atoms. The first-order valence-electron chi connectivity index (χ1n) is 9.22. The molecule has 4 heterocycles. The van der Waals surface area contributed by atoms with Crippen LogP contribution in [0.25, 0.3) is 11.2 Å². The first kappa shape index (κ1) is 19.9. The molecule has 3 aromatic rings. The van der Waals surface area contributed by atoms with Crippen LogP contribution >= 0.6 is 19.6 Å². The number of hydrogen-bond acceptors (Lipinski definition) is 11. The molecular weight excluding hydrogens is 430 g/mol. The van der Waals surface area contributed by atoms with E-state index in [0.717, 1.165) is 4.90 Å². The molecule has 14 heteroatoms. The molecule has 158 valence electrons. The number of aliphatic hydroxyl groups excluding tert-OH is 1. The molecule has 4 atom stereocenters. The van der Waals surface area contributed by atoms with E-state index in [9.17, 15) is 10.00 Å². The number of hydrogen-bond donors (Lipinski definition) is 4. The molecule has 1 aromatic carbocycles. The van der Waals surface area contributed by atoms with Gasteiger partial charge in [-0.1, -0.05) is 0 Å². The van der Waals surface area contributed by atoms with Crippen molar-refractivity contribution in [1.29, 1.82) is 0 Å². The summed E-state index contributed by atoms with van der Waals surface area (Å²) in [4.78, 5) is 23.9. The van der Waals surface area contributed by atoms with Crippen LogP contribution < -0.4 is 11.5 Å².